The lowest BCUT2D eigenvalue weighted by Crippen LogP contribution is -2.50. The lowest BCUT2D eigenvalue weighted by Gasteiger charge is -2.26. The minimum absolute atomic E-state index is 0.168. The zero-order chi connectivity index (χ0) is 34.5. The fourth-order valence-electron chi connectivity index (χ4n) is 5.99. The molecule has 5 nitrogen and oxygen atoms in total. The molecule has 0 saturated carbocycles. The monoisotopic (exact) mass is 662 g/mol. The van der Waals surface area contributed by atoms with Crippen LogP contribution in [-0.2, 0) is 4.79 Å². The molecular formula is C42H79NO4. The molecule has 276 valence electrons. The average Bonchev–Trinajstić information content (AvgIpc) is 3.07. The van der Waals surface area contributed by atoms with Crippen LogP contribution in [0, 0.1) is 0 Å². The first-order chi connectivity index (χ1) is 23.1. The third-order valence-electron chi connectivity index (χ3n) is 9.19. The van der Waals surface area contributed by atoms with Crippen molar-refractivity contribution in [3.8, 4) is 0 Å². The topological polar surface area (TPSA) is 89.8 Å². The summed E-state index contributed by atoms with van der Waals surface area (Å²) >= 11 is 0. The third-order valence-corrected chi connectivity index (χ3v) is 9.19. The maximum atomic E-state index is 12.4. The van der Waals surface area contributed by atoms with E-state index in [4.69, 9.17) is 0 Å². The highest BCUT2D eigenvalue weighted by atomic mass is 16.3. The van der Waals surface area contributed by atoms with Crippen LogP contribution in [0.4, 0.5) is 0 Å². The molecule has 0 aliphatic carbocycles. The Morgan fingerprint density at radius 2 is 0.872 bits per heavy atom. The largest absolute Gasteiger partial charge is 0.394 e. The van der Waals surface area contributed by atoms with Crippen LogP contribution in [0.15, 0.2) is 36.5 Å². The first kappa shape index (κ1) is 45.6. The van der Waals surface area contributed by atoms with Crippen molar-refractivity contribution in [3.63, 3.8) is 0 Å². The normalized spacial score (nSPS) is 14.1. The molecule has 47 heavy (non-hydrogen) atoms. The SMILES string of the molecule is CCCCCCCCC/C=C\CCCCCCCC(=O)NC(CO)C(O)C(O)CCC/C=C/CC/C=C/CCCCCCCCCC. The van der Waals surface area contributed by atoms with Crippen LogP contribution in [0.3, 0.4) is 0 Å². The van der Waals surface area contributed by atoms with Crippen molar-refractivity contribution in [3.05, 3.63) is 36.5 Å². The number of carbonyl (C=O) groups is 1. The molecule has 0 radical (unpaired) electrons. The zero-order valence-corrected chi connectivity index (χ0v) is 31.2. The molecule has 0 aliphatic heterocycles. The van der Waals surface area contributed by atoms with Gasteiger partial charge in [-0.3, -0.25) is 4.79 Å². The first-order valence-electron chi connectivity index (χ1n) is 20.3. The van der Waals surface area contributed by atoms with Gasteiger partial charge in [-0.25, -0.2) is 0 Å². The number of aliphatic hydroxyl groups is 3. The van der Waals surface area contributed by atoms with E-state index >= 15 is 0 Å². The molecule has 0 aliphatic rings. The molecule has 0 heterocycles. The number of aliphatic hydroxyl groups excluding tert-OH is 3. The highest BCUT2D eigenvalue weighted by Gasteiger charge is 2.26. The first-order valence-corrected chi connectivity index (χ1v) is 20.3. The van der Waals surface area contributed by atoms with Gasteiger partial charge < -0.3 is 20.6 Å². The van der Waals surface area contributed by atoms with E-state index in [0.717, 1.165) is 51.4 Å². The smallest absolute Gasteiger partial charge is 0.220 e. The van der Waals surface area contributed by atoms with Gasteiger partial charge in [0.1, 0.15) is 6.10 Å². The van der Waals surface area contributed by atoms with Crippen LogP contribution < -0.4 is 5.32 Å². The Morgan fingerprint density at radius 1 is 0.511 bits per heavy atom. The molecule has 3 atom stereocenters. The summed E-state index contributed by atoms with van der Waals surface area (Å²) in [5.74, 6) is -0.168. The number of hydrogen-bond donors (Lipinski definition) is 4. The summed E-state index contributed by atoms with van der Waals surface area (Å²) in [6, 6.07) is -0.835. The van der Waals surface area contributed by atoms with E-state index in [1.165, 1.54) is 122 Å². The van der Waals surface area contributed by atoms with Gasteiger partial charge in [-0.2, -0.15) is 0 Å². The van der Waals surface area contributed by atoms with Crippen LogP contribution in [0.25, 0.3) is 0 Å². The van der Waals surface area contributed by atoms with E-state index in [0.29, 0.717) is 12.8 Å². The Morgan fingerprint density at radius 3 is 1.30 bits per heavy atom. The molecule has 4 N–H and O–H groups in total. The van der Waals surface area contributed by atoms with Crippen molar-refractivity contribution in [1.82, 2.24) is 5.32 Å². The second-order valence-electron chi connectivity index (χ2n) is 13.8. The van der Waals surface area contributed by atoms with Gasteiger partial charge in [0, 0.05) is 6.42 Å². The average molecular weight is 662 g/mol. The second-order valence-corrected chi connectivity index (χ2v) is 13.8. The van der Waals surface area contributed by atoms with Crippen LogP contribution in [0.5, 0.6) is 0 Å². The number of hydrogen-bond acceptors (Lipinski definition) is 4. The summed E-state index contributed by atoms with van der Waals surface area (Å²) in [6.45, 7) is 4.14. The number of nitrogens with one attached hydrogen (secondary N) is 1. The van der Waals surface area contributed by atoms with Gasteiger partial charge >= 0.3 is 0 Å². The number of amides is 1. The van der Waals surface area contributed by atoms with Gasteiger partial charge in [0.05, 0.1) is 18.8 Å². The van der Waals surface area contributed by atoms with E-state index in [1.807, 2.05) is 0 Å². The van der Waals surface area contributed by atoms with Gasteiger partial charge in [0.25, 0.3) is 0 Å². The fraction of sp³-hybridized carbons (Fsp3) is 0.833. The van der Waals surface area contributed by atoms with Gasteiger partial charge in [0.2, 0.25) is 5.91 Å². The quantitative estimate of drug-likeness (QED) is 0.0397. The van der Waals surface area contributed by atoms with Crippen molar-refractivity contribution < 1.29 is 20.1 Å². The summed E-state index contributed by atoms with van der Waals surface area (Å²) in [5.41, 5.74) is 0. The number of carbonyl (C=O) groups excluding carboxylic acids is 1. The van der Waals surface area contributed by atoms with Gasteiger partial charge in [-0.15, -0.1) is 0 Å². The van der Waals surface area contributed by atoms with E-state index < -0.39 is 18.2 Å². The van der Waals surface area contributed by atoms with Gasteiger partial charge in [-0.1, -0.05) is 153 Å². The molecule has 3 unspecified atom stereocenters. The summed E-state index contributed by atoms with van der Waals surface area (Å²) in [5, 5.41) is 33.4. The Kier molecular flexibility index (Phi) is 36.3. The van der Waals surface area contributed by atoms with Gasteiger partial charge in [-0.05, 0) is 77.0 Å². The van der Waals surface area contributed by atoms with E-state index in [9.17, 15) is 20.1 Å². The molecule has 0 saturated heterocycles. The Bertz CT molecular complexity index is 734. The van der Waals surface area contributed by atoms with E-state index in [2.05, 4.69) is 55.6 Å². The van der Waals surface area contributed by atoms with Crippen molar-refractivity contribution in [1.29, 1.82) is 0 Å². The van der Waals surface area contributed by atoms with Crippen molar-refractivity contribution in [2.75, 3.05) is 6.61 Å². The van der Waals surface area contributed by atoms with Crippen LogP contribution >= 0.6 is 0 Å². The maximum absolute atomic E-state index is 12.4. The predicted octanol–water partition coefficient (Wildman–Crippen LogP) is 11.2. The molecule has 0 bridgehead atoms. The number of allylic oxidation sites excluding steroid dienone is 6. The van der Waals surface area contributed by atoms with E-state index in [-0.39, 0.29) is 12.5 Å². The number of unbranched alkanes of at least 4 members (excludes halogenated alkanes) is 22. The lowest BCUT2D eigenvalue weighted by molar-refractivity contribution is -0.124. The molecule has 0 aromatic heterocycles. The predicted molar refractivity (Wildman–Crippen MR) is 204 cm³/mol. The minimum atomic E-state index is -1.17. The van der Waals surface area contributed by atoms with E-state index in [1.54, 1.807) is 0 Å². The second kappa shape index (κ2) is 37.4. The lowest BCUT2D eigenvalue weighted by atomic mass is 10.0. The summed E-state index contributed by atoms with van der Waals surface area (Å²) in [6.07, 6.45) is 45.3. The van der Waals surface area contributed by atoms with Crippen LogP contribution in [-0.4, -0.2) is 46.1 Å². The fourth-order valence-corrected chi connectivity index (χ4v) is 5.99. The molecule has 0 aromatic rings. The molecule has 1 amide bonds. The molecule has 0 rings (SSSR count). The summed E-state index contributed by atoms with van der Waals surface area (Å²) in [4.78, 5) is 12.4. The molecular weight excluding hydrogens is 582 g/mol. The van der Waals surface area contributed by atoms with Crippen molar-refractivity contribution >= 4 is 5.91 Å². The molecule has 0 spiro atoms. The van der Waals surface area contributed by atoms with Crippen molar-refractivity contribution in [2.24, 2.45) is 0 Å². The Hall–Kier alpha value is -1.43. The summed E-state index contributed by atoms with van der Waals surface area (Å²) in [7, 11) is 0. The standard InChI is InChI=1S/C42H79NO4/c1-3-5-7-9-11-13-15-17-19-21-22-24-26-28-30-32-34-36-40(45)42(47)39(38-44)43-41(46)37-35-33-31-29-27-25-23-20-18-16-14-12-10-8-6-4-2/h20-23,28,30,39-40,42,44-45,47H,3-19,24-27,29,31-38H2,1-2H3,(H,43,46)/b22-21+,23-20-,30-28+. The molecule has 5 heteroatoms. The molecule has 0 fully saturated rings. The molecule has 0 aromatic carbocycles. The van der Waals surface area contributed by atoms with Gasteiger partial charge in [0.15, 0.2) is 0 Å². The summed E-state index contributed by atoms with van der Waals surface area (Å²) < 4.78 is 0. The van der Waals surface area contributed by atoms with Crippen LogP contribution in [0.1, 0.15) is 200 Å². The highest BCUT2D eigenvalue weighted by molar-refractivity contribution is 5.76. The highest BCUT2D eigenvalue weighted by Crippen LogP contribution is 2.13. The zero-order valence-electron chi connectivity index (χ0n) is 31.2. The minimum Gasteiger partial charge on any atom is -0.394 e. The van der Waals surface area contributed by atoms with Crippen LogP contribution in [0.2, 0.25) is 0 Å². The third kappa shape index (κ3) is 32.9. The maximum Gasteiger partial charge on any atom is 0.220 e. The Labute approximate surface area is 292 Å². The number of rotatable bonds is 36. The Balaban J connectivity index is 3.76. The van der Waals surface area contributed by atoms with Crippen molar-refractivity contribution in [2.45, 2.75) is 218 Å².